The second-order valence-electron chi connectivity index (χ2n) is 4.60. The van der Waals surface area contributed by atoms with E-state index in [1.807, 2.05) is 0 Å². The molecular weight excluding hydrogens is 299 g/mol. The van der Waals surface area contributed by atoms with Gasteiger partial charge in [0.05, 0.1) is 5.69 Å². The predicted molar refractivity (Wildman–Crippen MR) is 72.8 cm³/mol. The molecule has 0 saturated carbocycles. The maximum atomic E-state index is 12.2. The first-order valence-corrected chi connectivity index (χ1v) is 6.39. The third-order valence-corrected chi connectivity index (χ3v) is 2.81. The normalized spacial score (nSPS) is 11.3. The third-order valence-electron chi connectivity index (χ3n) is 2.81. The quantitative estimate of drug-likeness (QED) is 0.851. The number of hydrogen-bond acceptors (Lipinski definition) is 3. The first kappa shape index (κ1) is 15.9. The van der Waals surface area contributed by atoms with Crippen LogP contribution in [-0.2, 0) is 4.79 Å². The number of hydrogen-bond donors (Lipinski definition) is 0. The molecule has 0 unspecified atom stereocenters. The van der Waals surface area contributed by atoms with Gasteiger partial charge in [0.25, 0.3) is 5.91 Å². The molecule has 1 aromatic heterocycles. The zero-order valence-electron chi connectivity index (χ0n) is 11.7. The summed E-state index contributed by atoms with van der Waals surface area (Å²) in [5.41, 5.74) is 0.804. The van der Waals surface area contributed by atoms with E-state index in [-0.39, 0.29) is 0 Å². The van der Waals surface area contributed by atoms with Crippen molar-refractivity contribution >= 4 is 5.91 Å². The van der Waals surface area contributed by atoms with Gasteiger partial charge in [-0.25, -0.2) is 4.68 Å². The lowest BCUT2D eigenvalue weighted by molar-refractivity contribution is -0.159. The van der Waals surface area contributed by atoms with Crippen molar-refractivity contribution in [2.24, 2.45) is 0 Å². The first-order chi connectivity index (χ1) is 10.3. The van der Waals surface area contributed by atoms with Gasteiger partial charge in [0, 0.05) is 19.4 Å². The highest BCUT2D eigenvalue weighted by molar-refractivity contribution is 5.77. The van der Waals surface area contributed by atoms with Crippen LogP contribution >= 0.6 is 0 Å². The number of likely N-dealkylation sites (N-methyl/N-ethyl adjacent to an activating group) is 1. The van der Waals surface area contributed by atoms with Crippen LogP contribution in [0.5, 0.6) is 5.75 Å². The molecule has 0 aliphatic rings. The van der Waals surface area contributed by atoms with Crippen LogP contribution in [0, 0.1) is 0 Å². The lowest BCUT2D eigenvalue weighted by atomic mass is 10.3. The Labute approximate surface area is 124 Å². The molecule has 0 bridgehead atoms. The van der Waals surface area contributed by atoms with Gasteiger partial charge in [-0.2, -0.15) is 18.3 Å². The lowest BCUT2D eigenvalue weighted by Gasteiger charge is -2.19. The van der Waals surface area contributed by atoms with Crippen LogP contribution in [0.2, 0.25) is 0 Å². The summed E-state index contributed by atoms with van der Waals surface area (Å²) in [6.07, 6.45) is -1.01. The van der Waals surface area contributed by atoms with E-state index in [4.69, 9.17) is 4.74 Å². The highest BCUT2D eigenvalue weighted by atomic mass is 19.4. The van der Waals surface area contributed by atoms with Crippen LogP contribution in [0.15, 0.2) is 42.7 Å². The van der Waals surface area contributed by atoms with Crippen LogP contribution in [0.4, 0.5) is 13.2 Å². The van der Waals surface area contributed by atoms with Crippen LogP contribution in [-0.4, -0.2) is 47.0 Å². The van der Waals surface area contributed by atoms with E-state index in [9.17, 15) is 18.0 Å². The minimum Gasteiger partial charge on any atom is -0.484 e. The summed E-state index contributed by atoms with van der Waals surface area (Å²) in [5, 5.41) is 4.06. The van der Waals surface area contributed by atoms with Gasteiger partial charge in [-0.3, -0.25) is 4.79 Å². The molecule has 1 amide bonds. The number of aromatic nitrogens is 2. The molecule has 1 aromatic carbocycles. The van der Waals surface area contributed by atoms with Crippen LogP contribution < -0.4 is 4.74 Å². The molecule has 0 saturated heterocycles. The molecule has 2 aromatic rings. The second kappa shape index (κ2) is 6.50. The van der Waals surface area contributed by atoms with E-state index in [0.717, 1.165) is 12.7 Å². The average Bonchev–Trinajstić information content (AvgIpc) is 2.97. The molecule has 0 aliphatic heterocycles. The van der Waals surface area contributed by atoms with Gasteiger partial charge in [-0.05, 0) is 30.3 Å². The van der Waals surface area contributed by atoms with Crippen LogP contribution in [0.1, 0.15) is 0 Å². The molecule has 0 N–H and O–H groups in total. The summed E-state index contributed by atoms with van der Waals surface area (Å²) in [5.74, 6) is -0.349. The van der Waals surface area contributed by atoms with Crippen molar-refractivity contribution in [3.05, 3.63) is 42.7 Å². The monoisotopic (exact) mass is 313 g/mol. The Balaban J connectivity index is 1.88. The van der Waals surface area contributed by atoms with Gasteiger partial charge in [-0.15, -0.1) is 0 Å². The molecule has 0 atom stereocenters. The minimum absolute atomic E-state index is 0.393. The maximum absolute atomic E-state index is 12.2. The van der Waals surface area contributed by atoms with E-state index in [2.05, 4.69) is 5.10 Å². The molecule has 0 aliphatic carbocycles. The van der Waals surface area contributed by atoms with Gasteiger partial charge in [-0.1, -0.05) is 0 Å². The number of benzene rings is 1. The van der Waals surface area contributed by atoms with Gasteiger partial charge < -0.3 is 9.64 Å². The third kappa shape index (κ3) is 4.51. The highest BCUT2D eigenvalue weighted by Crippen LogP contribution is 2.17. The molecule has 0 radical (unpaired) electrons. The number of halogens is 3. The number of carbonyl (C=O) groups excluding carboxylic acids is 1. The van der Waals surface area contributed by atoms with Crippen molar-refractivity contribution in [3.63, 3.8) is 0 Å². The number of nitrogens with zero attached hydrogens (tertiary/aromatic N) is 3. The number of ether oxygens (including phenoxy) is 1. The molecule has 118 valence electrons. The fraction of sp³-hybridized carbons (Fsp3) is 0.286. The van der Waals surface area contributed by atoms with Crippen molar-refractivity contribution in [1.29, 1.82) is 0 Å². The van der Waals surface area contributed by atoms with Gasteiger partial charge >= 0.3 is 6.18 Å². The van der Waals surface area contributed by atoms with Gasteiger partial charge in [0.15, 0.2) is 6.61 Å². The number of alkyl halides is 3. The molecule has 5 nitrogen and oxygen atoms in total. The standard InChI is InChI=1S/C14H14F3N3O2/c1-19(10-14(15,16)17)13(21)9-22-12-5-3-11(4-6-12)20-8-2-7-18-20/h2-8H,9-10H2,1H3. The molecule has 2 rings (SSSR count). The first-order valence-electron chi connectivity index (χ1n) is 6.39. The highest BCUT2D eigenvalue weighted by Gasteiger charge is 2.31. The summed E-state index contributed by atoms with van der Waals surface area (Å²) in [6.45, 7) is -1.75. The molecule has 1 heterocycles. The van der Waals surface area contributed by atoms with E-state index >= 15 is 0 Å². The number of amides is 1. The minimum atomic E-state index is -4.42. The average molecular weight is 313 g/mol. The largest absolute Gasteiger partial charge is 0.484 e. The van der Waals surface area contributed by atoms with E-state index < -0.39 is 25.2 Å². The summed E-state index contributed by atoms with van der Waals surface area (Å²) in [6, 6.07) is 8.47. The maximum Gasteiger partial charge on any atom is 0.406 e. The molecule has 0 fully saturated rings. The van der Waals surface area contributed by atoms with Crippen molar-refractivity contribution in [2.75, 3.05) is 20.2 Å². The molecular formula is C14H14F3N3O2. The summed E-state index contributed by atoms with van der Waals surface area (Å²) in [4.78, 5) is 12.1. The zero-order valence-corrected chi connectivity index (χ0v) is 11.7. The predicted octanol–water partition coefficient (Wildman–Crippen LogP) is 2.27. The SMILES string of the molecule is CN(CC(F)(F)F)C(=O)COc1ccc(-n2cccn2)cc1. The van der Waals surface area contributed by atoms with E-state index in [1.165, 1.54) is 0 Å². The Kier molecular flexibility index (Phi) is 4.69. The Morgan fingerprint density at radius 2 is 2.00 bits per heavy atom. The molecule has 22 heavy (non-hydrogen) atoms. The van der Waals surface area contributed by atoms with E-state index in [0.29, 0.717) is 10.6 Å². The second-order valence-corrected chi connectivity index (χ2v) is 4.60. The fourth-order valence-corrected chi connectivity index (χ4v) is 1.73. The van der Waals surface area contributed by atoms with Crippen molar-refractivity contribution in [3.8, 4) is 11.4 Å². The Hall–Kier alpha value is -2.51. The van der Waals surface area contributed by atoms with Crippen molar-refractivity contribution in [1.82, 2.24) is 14.7 Å². The Morgan fingerprint density at radius 1 is 1.32 bits per heavy atom. The Morgan fingerprint density at radius 3 is 2.55 bits per heavy atom. The smallest absolute Gasteiger partial charge is 0.406 e. The fourth-order valence-electron chi connectivity index (χ4n) is 1.73. The molecule has 0 spiro atoms. The summed E-state index contributed by atoms with van der Waals surface area (Å²) < 4.78 is 43.3. The number of carbonyl (C=O) groups is 1. The van der Waals surface area contributed by atoms with Crippen LogP contribution in [0.3, 0.4) is 0 Å². The van der Waals surface area contributed by atoms with Gasteiger partial charge in [0.1, 0.15) is 12.3 Å². The topological polar surface area (TPSA) is 47.4 Å². The van der Waals surface area contributed by atoms with Crippen molar-refractivity contribution in [2.45, 2.75) is 6.18 Å². The van der Waals surface area contributed by atoms with Crippen molar-refractivity contribution < 1.29 is 22.7 Å². The lowest BCUT2D eigenvalue weighted by Crippen LogP contribution is -2.38. The van der Waals surface area contributed by atoms with E-state index in [1.54, 1.807) is 47.4 Å². The van der Waals surface area contributed by atoms with Crippen LogP contribution in [0.25, 0.3) is 5.69 Å². The molecule has 8 heteroatoms. The number of rotatable bonds is 5. The summed E-state index contributed by atoms with van der Waals surface area (Å²) >= 11 is 0. The zero-order chi connectivity index (χ0) is 16.2. The summed E-state index contributed by atoms with van der Waals surface area (Å²) in [7, 11) is 1.08. The van der Waals surface area contributed by atoms with Gasteiger partial charge in [0.2, 0.25) is 0 Å². The Bertz CT molecular complexity index is 609.